The fourth-order valence-corrected chi connectivity index (χ4v) is 5.99. The predicted molar refractivity (Wildman–Crippen MR) is 84.7 cm³/mol. The molecule has 6 atom stereocenters. The van der Waals surface area contributed by atoms with Gasteiger partial charge in [-0.25, -0.2) is 0 Å². The van der Waals surface area contributed by atoms with Crippen molar-refractivity contribution in [2.75, 3.05) is 0 Å². The van der Waals surface area contributed by atoms with Crippen LogP contribution in [0, 0.1) is 17.3 Å². The second-order valence-corrected chi connectivity index (χ2v) is 7.67. The van der Waals surface area contributed by atoms with Crippen LogP contribution >= 0.6 is 0 Å². The molecule has 3 N–H and O–H groups in total. The van der Waals surface area contributed by atoms with E-state index in [0.29, 0.717) is 23.5 Å². The van der Waals surface area contributed by atoms with Gasteiger partial charge in [-0.15, -0.1) is 0 Å². The minimum Gasteiger partial charge on any atom is -0.508 e. The first-order valence-corrected chi connectivity index (χ1v) is 8.74. The highest BCUT2D eigenvalue weighted by atomic mass is 16.3. The van der Waals surface area contributed by atoms with E-state index >= 15 is 0 Å². The molecule has 1 aromatic rings. The molecule has 3 aliphatic rings. The first-order valence-electron chi connectivity index (χ1n) is 8.74. The van der Waals surface area contributed by atoms with Crippen molar-refractivity contribution in [1.29, 1.82) is 0 Å². The lowest BCUT2D eigenvalue weighted by Crippen LogP contribution is -2.46. The number of fused-ring (bicyclic) bond motifs is 5. The molecule has 0 bridgehead atoms. The van der Waals surface area contributed by atoms with Crippen molar-refractivity contribution in [3.63, 3.8) is 0 Å². The van der Waals surface area contributed by atoms with Crippen LogP contribution in [0.25, 0.3) is 0 Å². The van der Waals surface area contributed by atoms with Crippen molar-refractivity contribution in [2.24, 2.45) is 17.3 Å². The molecule has 0 saturated heterocycles. The average Bonchev–Trinajstić information content (AvgIpc) is 2.79. The molecule has 0 aromatic heterocycles. The highest BCUT2D eigenvalue weighted by molar-refractivity contribution is 5.40. The third kappa shape index (κ3) is 1.82. The maximum absolute atomic E-state index is 10.6. The monoisotopic (exact) mass is 302 g/mol. The lowest BCUT2D eigenvalue weighted by molar-refractivity contribution is -0.0641. The number of aryl methyl sites for hydroxylation is 1. The number of benzene rings is 1. The number of rotatable bonds is 1. The van der Waals surface area contributed by atoms with Crippen molar-refractivity contribution in [3.05, 3.63) is 29.3 Å². The molecule has 1 aromatic carbocycles. The topological polar surface area (TPSA) is 60.7 Å². The summed E-state index contributed by atoms with van der Waals surface area (Å²) in [7, 11) is 0. The van der Waals surface area contributed by atoms with Crippen molar-refractivity contribution >= 4 is 0 Å². The molecule has 0 aliphatic heterocycles. The molecule has 0 amide bonds. The number of hydrogen-bond acceptors (Lipinski definition) is 3. The van der Waals surface area contributed by atoms with E-state index in [0.717, 1.165) is 38.5 Å². The van der Waals surface area contributed by atoms with Crippen LogP contribution in [0.5, 0.6) is 5.75 Å². The molecule has 3 nitrogen and oxygen atoms in total. The van der Waals surface area contributed by atoms with Crippen LogP contribution in [0.1, 0.15) is 56.1 Å². The SMILES string of the molecule is CC[C@]12CC[C@@H]3c4cc(O)ccc4CC[C@H]3[C@@H]1C[C@@H](O)[C@@H]2O. The summed E-state index contributed by atoms with van der Waals surface area (Å²) in [4.78, 5) is 0. The number of phenols is 1. The van der Waals surface area contributed by atoms with E-state index in [1.807, 2.05) is 6.07 Å². The maximum atomic E-state index is 10.6. The van der Waals surface area contributed by atoms with Crippen LogP contribution in [0.3, 0.4) is 0 Å². The Bertz CT molecular complexity index is 584. The summed E-state index contributed by atoms with van der Waals surface area (Å²) in [6.07, 6.45) is 4.82. The molecule has 120 valence electrons. The van der Waals surface area contributed by atoms with Gasteiger partial charge in [0.1, 0.15) is 5.75 Å². The first kappa shape index (κ1) is 14.5. The average molecular weight is 302 g/mol. The van der Waals surface area contributed by atoms with E-state index < -0.39 is 12.2 Å². The van der Waals surface area contributed by atoms with Gasteiger partial charge < -0.3 is 15.3 Å². The minimum atomic E-state index is -0.561. The number of aliphatic hydroxyl groups is 2. The summed E-state index contributed by atoms with van der Waals surface area (Å²) in [5.41, 5.74) is 2.61. The summed E-state index contributed by atoms with van der Waals surface area (Å²) in [5.74, 6) is 1.79. The Hall–Kier alpha value is -1.06. The van der Waals surface area contributed by atoms with Crippen molar-refractivity contribution in [2.45, 2.75) is 63.6 Å². The van der Waals surface area contributed by atoms with Gasteiger partial charge >= 0.3 is 0 Å². The largest absolute Gasteiger partial charge is 0.508 e. The van der Waals surface area contributed by atoms with Crippen LogP contribution in [0.4, 0.5) is 0 Å². The Labute approximate surface area is 132 Å². The van der Waals surface area contributed by atoms with E-state index in [2.05, 4.69) is 13.0 Å². The summed E-state index contributed by atoms with van der Waals surface area (Å²) in [5, 5.41) is 30.7. The molecule has 0 heterocycles. The fraction of sp³-hybridized carbons (Fsp3) is 0.684. The molecule has 2 fully saturated rings. The molecule has 2 saturated carbocycles. The van der Waals surface area contributed by atoms with E-state index in [-0.39, 0.29) is 5.41 Å². The Kier molecular flexibility index (Phi) is 3.28. The van der Waals surface area contributed by atoms with Gasteiger partial charge in [0.2, 0.25) is 0 Å². The maximum Gasteiger partial charge on any atom is 0.115 e. The Balaban J connectivity index is 1.73. The number of phenolic OH excluding ortho intramolecular Hbond substituents is 1. The zero-order chi connectivity index (χ0) is 15.5. The number of aromatic hydroxyl groups is 1. The van der Waals surface area contributed by atoms with Gasteiger partial charge in [-0.1, -0.05) is 13.0 Å². The summed E-state index contributed by atoms with van der Waals surface area (Å²) in [6.45, 7) is 2.16. The third-order valence-electron chi connectivity index (χ3n) is 7.08. The molecule has 4 rings (SSSR count). The third-order valence-corrected chi connectivity index (χ3v) is 7.08. The first-order chi connectivity index (χ1) is 10.6. The van der Waals surface area contributed by atoms with Crippen LogP contribution in [0.2, 0.25) is 0 Å². The Morgan fingerprint density at radius 3 is 2.82 bits per heavy atom. The Morgan fingerprint density at radius 1 is 1.23 bits per heavy atom. The van der Waals surface area contributed by atoms with Crippen molar-refractivity contribution < 1.29 is 15.3 Å². The van der Waals surface area contributed by atoms with Gasteiger partial charge in [0.05, 0.1) is 12.2 Å². The smallest absolute Gasteiger partial charge is 0.115 e. The van der Waals surface area contributed by atoms with Crippen molar-refractivity contribution in [3.8, 4) is 5.75 Å². The predicted octanol–water partition coefficient (Wildman–Crippen LogP) is 2.97. The second kappa shape index (κ2) is 4.97. The lowest BCUT2D eigenvalue weighted by Gasteiger charge is -2.51. The van der Waals surface area contributed by atoms with Gasteiger partial charge in [-0.3, -0.25) is 0 Å². The quantitative estimate of drug-likeness (QED) is 0.747. The van der Waals surface area contributed by atoms with Gasteiger partial charge in [-0.2, -0.15) is 0 Å². The molecule has 0 radical (unpaired) electrons. The molecule has 0 unspecified atom stereocenters. The zero-order valence-electron chi connectivity index (χ0n) is 13.2. The van der Waals surface area contributed by atoms with Gasteiger partial charge in [0, 0.05) is 5.41 Å². The highest BCUT2D eigenvalue weighted by Crippen LogP contribution is 2.62. The molecule has 0 spiro atoms. The summed E-state index contributed by atoms with van der Waals surface area (Å²) >= 11 is 0. The highest BCUT2D eigenvalue weighted by Gasteiger charge is 2.59. The van der Waals surface area contributed by atoms with Gasteiger partial charge in [0.15, 0.2) is 0 Å². The van der Waals surface area contributed by atoms with Crippen LogP contribution in [0.15, 0.2) is 18.2 Å². The molecular weight excluding hydrogens is 276 g/mol. The van der Waals surface area contributed by atoms with E-state index in [4.69, 9.17) is 0 Å². The van der Waals surface area contributed by atoms with Gasteiger partial charge in [-0.05, 0) is 79.5 Å². The van der Waals surface area contributed by atoms with Gasteiger partial charge in [0.25, 0.3) is 0 Å². The molecule has 22 heavy (non-hydrogen) atoms. The summed E-state index contributed by atoms with van der Waals surface area (Å²) in [6, 6.07) is 5.81. The normalized spacial score (nSPS) is 43.3. The van der Waals surface area contributed by atoms with Crippen LogP contribution < -0.4 is 0 Å². The van der Waals surface area contributed by atoms with E-state index in [1.165, 1.54) is 11.1 Å². The molecule has 3 aliphatic carbocycles. The van der Waals surface area contributed by atoms with E-state index in [1.54, 1.807) is 6.07 Å². The fourth-order valence-electron chi connectivity index (χ4n) is 5.99. The van der Waals surface area contributed by atoms with Crippen molar-refractivity contribution in [1.82, 2.24) is 0 Å². The second-order valence-electron chi connectivity index (χ2n) is 7.67. The molecule has 3 heteroatoms. The molecular formula is C19H26O3. The minimum absolute atomic E-state index is 0.0884. The van der Waals surface area contributed by atoms with Crippen LogP contribution in [-0.4, -0.2) is 27.5 Å². The number of hydrogen-bond donors (Lipinski definition) is 3. The summed E-state index contributed by atoms with van der Waals surface area (Å²) < 4.78 is 0. The van der Waals surface area contributed by atoms with Crippen LogP contribution in [-0.2, 0) is 6.42 Å². The standard InChI is InChI=1S/C19H26O3/c1-2-19-8-7-13-14(16(19)10-17(21)18(19)22)6-4-11-3-5-12(20)9-15(11)13/h3,5,9,13-14,16-18,20-22H,2,4,6-8,10H2,1H3/t13-,14+,16-,17+,18-,19-/m0/s1. The number of aliphatic hydroxyl groups excluding tert-OH is 2. The zero-order valence-corrected chi connectivity index (χ0v) is 13.2. The Morgan fingerprint density at radius 2 is 2.05 bits per heavy atom. The van der Waals surface area contributed by atoms with E-state index in [9.17, 15) is 15.3 Å². The lowest BCUT2D eigenvalue weighted by atomic mass is 9.54.